The summed E-state index contributed by atoms with van der Waals surface area (Å²) in [6, 6.07) is 43.6. The number of hydrogen-bond acceptors (Lipinski definition) is 7. The molecule has 0 spiro atoms. The number of amides is 1. The molecule has 0 saturated heterocycles. The van der Waals surface area contributed by atoms with Gasteiger partial charge in [-0.1, -0.05) is 54.6 Å². The number of carbonyl (C=O) groups excluding carboxylic acids is 1. The molecule has 0 bridgehead atoms. The molecular formula is C39H30N2O7. The van der Waals surface area contributed by atoms with Gasteiger partial charge in [0, 0.05) is 22.6 Å². The second-order valence-corrected chi connectivity index (χ2v) is 10.7. The van der Waals surface area contributed by atoms with Gasteiger partial charge in [0.1, 0.15) is 29.6 Å². The number of carboxylic acid groups (broad SMARTS) is 1. The fourth-order valence-corrected chi connectivity index (χ4v) is 4.97. The van der Waals surface area contributed by atoms with Crippen LogP contribution in [0.3, 0.4) is 0 Å². The highest BCUT2D eigenvalue weighted by Gasteiger charge is 2.16. The Morgan fingerprint density at radius 1 is 0.542 bits per heavy atom. The SMILES string of the molecule is O=C(O)c1ccccc1C(=O)Nc1ccc(Oc2ccc(-c3ccc(Oc4ccc(Nc5ccccc5COO)cc4)cc3)cc2)cc1. The predicted molar refractivity (Wildman–Crippen MR) is 183 cm³/mol. The fraction of sp³-hybridized carbons (Fsp3) is 0.0256. The number of anilines is 3. The summed E-state index contributed by atoms with van der Waals surface area (Å²) >= 11 is 0. The van der Waals surface area contributed by atoms with E-state index in [2.05, 4.69) is 15.5 Å². The number of para-hydroxylation sites is 1. The van der Waals surface area contributed by atoms with E-state index in [0.29, 0.717) is 28.7 Å². The normalized spacial score (nSPS) is 10.6. The van der Waals surface area contributed by atoms with Crippen LogP contribution >= 0.6 is 0 Å². The van der Waals surface area contributed by atoms with Crippen molar-refractivity contribution in [3.8, 4) is 34.1 Å². The number of nitrogens with one attached hydrogen (secondary N) is 2. The number of benzene rings is 6. The molecule has 0 heterocycles. The lowest BCUT2D eigenvalue weighted by Gasteiger charge is -2.12. The molecule has 9 heteroatoms. The van der Waals surface area contributed by atoms with Crippen LogP contribution in [0.4, 0.5) is 17.1 Å². The second-order valence-electron chi connectivity index (χ2n) is 10.7. The van der Waals surface area contributed by atoms with Gasteiger partial charge in [-0.25, -0.2) is 9.68 Å². The van der Waals surface area contributed by atoms with E-state index < -0.39 is 11.9 Å². The van der Waals surface area contributed by atoms with Gasteiger partial charge >= 0.3 is 5.97 Å². The van der Waals surface area contributed by atoms with Crippen LogP contribution in [-0.4, -0.2) is 22.2 Å². The minimum absolute atomic E-state index is 0.0617. The Bertz CT molecular complexity index is 2010. The first-order valence-corrected chi connectivity index (χ1v) is 15.0. The maximum Gasteiger partial charge on any atom is 0.336 e. The van der Waals surface area contributed by atoms with Crippen molar-refractivity contribution in [2.75, 3.05) is 10.6 Å². The van der Waals surface area contributed by atoms with Gasteiger partial charge in [-0.3, -0.25) is 10.1 Å². The summed E-state index contributed by atoms with van der Waals surface area (Å²) in [6.45, 7) is 0.0905. The topological polar surface area (TPSA) is 126 Å². The van der Waals surface area contributed by atoms with Gasteiger partial charge in [-0.15, -0.1) is 0 Å². The summed E-state index contributed by atoms with van der Waals surface area (Å²) in [4.78, 5) is 28.4. The van der Waals surface area contributed by atoms with Gasteiger partial charge in [0.15, 0.2) is 0 Å². The van der Waals surface area contributed by atoms with E-state index in [1.165, 1.54) is 12.1 Å². The molecule has 48 heavy (non-hydrogen) atoms. The molecule has 0 radical (unpaired) electrons. The molecule has 0 aromatic heterocycles. The Labute approximate surface area is 276 Å². The Morgan fingerprint density at radius 2 is 1.00 bits per heavy atom. The quantitative estimate of drug-likeness (QED) is 0.0771. The van der Waals surface area contributed by atoms with Crippen molar-refractivity contribution < 1.29 is 34.3 Å². The minimum atomic E-state index is -1.16. The molecule has 0 aliphatic carbocycles. The first kappa shape index (κ1) is 31.6. The summed E-state index contributed by atoms with van der Waals surface area (Å²) in [7, 11) is 0. The van der Waals surface area contributed by atoms with Crippen LogP contribution in [0.25, 0.3) is 11.1 Å². The van der Waals surface area contributed by atoms with Crippen molar-refractivity contribution in [2.45, 2.75) is 6.61 Å². The summed E-state index contributed by atoms with van der Waals surface area (Å²) < 4.78 is 12.0. The van der Waals surface area contributed by atoms with Crippen LogP contribution in [-0.2, 0) is 11.5 Å². The third kappa shape index (κ3) is 7.86. The van der Waals surface area contributed by atoms with E-state index in [-0.39, 0.29) is 17.7 Å². The van der Waals surface area contributed by atoms with Crippen molar-refractivity contribution >= 4 is 28.9 Å². The smallest absolute Gasteiger partial charge is 0.336 e. The standard InChI is InChI=1S/C39H30N2O7/c42-38(35-6-2-3-7-36(35)39(43)44)41-30-15-23-34(24-16-30)48-32-19-11-27(12-20-32)26-9-17-31(18-10-26)47-33-21-13-29(14-22-33)40-37-8-4-1-5-28(37)25-46-45/h1-24,40,45H,25H2,(H,41,42)(H,43,44). The van der Waals surface area contributed by atoms with E-state index in [9.17, 15) is 14.7 Å². The molecule has 0 aliphatic heterocycles. The number of carbonyl (C=O) groups is 2. The van der Waals surface area contributed by atoms with Gasteiger partial charge in [0.25, 0.3) is 5.91 Å². The molecule has 0 saturated carbocycles. The lowest BCUT2D eigenvalue weighted by Crippen LogP contribution is -2.16. The zero-order valence-corrected chi connectivity index (χ0v) is 25.5. The predicted octanol–water partition coefficient (Wildman–Crippen LogP) is 9.62. The van der Waals surface area contributed by atoms with E-state index in [4.69, 9.17) is 14.7 Å². The van der Waals surface area contributed by atoms with Gasteiger partial charge < -0.3 is 25.2 Å². The average molecular weight is 639 g/mol. The average Bonchev–Trinajstić information content (AvgIpc) is 3.11. The maximum atomic E-state index is 12.6. The molecule has 238 valence electrons. The van der Waals surface area contributed by atoms with E-state index >= 15 is 0 Å². The second kappa shape index (κ2) is 14.8. The van der Waals surface area contributed by atoms with Crippen LogP contribution in [0.15, 0.2) is 146 Å². The van der Waals surface area contributed by atoms with Crippen molar-refractivity contribution in [3.05, 3.63) is 162 Å². The zero-order valence-electron chi connectivity index (χ0n) is 25.5. The largest absolute Gasteiger partial charge is 0.478 e. The molecular weight excluding hydrogens is 608 g/mol. The number of hydrogen-bond donors (Lipinski definition) is 4. The first-order chi connectivity index (χ1) is 23.4. The highest BCUT2D eigenvalue weighted by molar-refractivity contribution is 6.10. The van der Waals surface area contributed by atoms with E-state index in [1.807, 2.05) is 97.1 Å². The molecule has 0 aliphatic rings. The Hall–Kier alpha value is -6.42. The van der Waals surface area contributed by atoms with E-state index in [1.54, 1.807) is 36.4 Å². The summed E-state index contributed by atoms with van der Waals surface area (Å²) in [5, 5.41) is 24.2. The van der Waals surface area contributed by atoms with Crippen LogP contribution in [0.1, 0.15) is 26.3 Å². The van der Waals surface area contributed by atoms with Gasteiger partial charge in [-0.2, -0.15) is 0 Å². The van der Waals surface area contributed by atoms with Crippen molar-refractivity contribution in [2.24, 2.45) is 0 Å². The van der Waals surface area contributed by atoms with Crippen molar-refractivity contribution in [1.82, 2.24) is 0 Å². The van der Waals surface area contributed by atoms with Crippen molar-refractivity contribution in [3.63, 3.8) is 0 Å². The minimum Gasteiger partial charge on any atom is -0.478 e. The highest BCUT2D eigenvalue weighted by Crippen LogP contribution is 2.30. The number of carboxylic acids is 1. The number of rotatable bonds is 12. The zero-order chi connectivity index (χ0) is 33.3. The van der Waals surface area contributed by atoms with Gasteiger partial charge in [0.2, 0.25) is 0 Å². The fourth-order valence-electron chi connectivity index (χ4n) is 4.97. The molecule has 6 aromatic carbocycles. The molecule has 0 fully saturated rings. The monoisotopic (exact) mass is 638 g/mol. The Morgan fingerprint density at radius 3 is 1.52 bits per heavy atom. The lowest BCUT2D eigenvalue weighted by atomic mass is 10.1. The van der Waals surface area contributed by atoms with Gasteiger partial charge in [0.05, 0.1) is 11.1 Å². The van der Waals surface area contributed by atoms with Crippen LogP contribution in [0, 0.1) is 0 Å². The molecule has 9 nitrogen and oxygen atoms in total. The molecule has 4 N–H and O–H groups in total. The number of ether oxygens (including phenoxy) is 2. The summed E-state index contributed by atoms with van der Waals surface area (Å²) in [5.74, 6) is 0.959. The first-order valence-electron chi connectivity index (χ1n) is 15.0. The number of aromatic carboxylic acids is 1. The lowest BCUT2D eigenvalue weighted by molar-refractivity contribution is -0.252. The molecule has 6 aromatic rings. The third-order valence-electron chi connectivity index (χ3n) is 7.40. The summed E-state index contributed by atoms with van der Waals surface area (Å²) in [5.41, 5.74) is 5.11. The van der Waals surface area contributed by atoms with Gasteiger partial charge in [-0.05, 0) is 102 Å². The third-order valence-corrected chi connectivity index (χ3v) is 7.40. The summed E-state index contributed by atoms with van der Waals surface area (Å²) in [6.07, 6.45) is 0. The molecule has 0 unspecified atom stereocenters. The van der Waals surface area contributed by atoms with Crippen molar-refractivity contribution in [1.29, 1.82) is 0 Å². The Balaban J connectivity index is 1.02. The van der Waals surface area contributed by atoms with Crippen LogP contribution in [0.5, 0.6) is 23.0 Å². The molecule has 0 atom stereocenters. The molecule has 6 rings (SSSR count). The maximum absolute atomic E-state index is 12.6. The molecule has 1 amide bonds. The van der Waals surface area contributed by atoms with E-state index in [0.717, 1.165) is 28.1 Å². The Kier molecular flexibility index (Phi) is 9.72. The highest BCUT2D eigenvalue weighted by atomic mass is 17.1. The van der Waals surface area contributed by atoms with Crippen LogP contribution in [0.2, 0.25) is 0 Å². The van der Waals surface area contributed by atoms with Crippen LogP contribution < -0.4 is 20.1 Å².